The number of anilines is 1. The minimum atomic E-state index is -0.788. The Labute approximate surface area is 149 Å². The summed E-state index contributed by atoms with van der Waals surface area (Å²) in [6, 6.07) is 9.93. The zero-order chi connectivity index (χ0) is 18.1. The molecule has 1 saturated heterocycles. The lowest BCUT2D eigenvalue weighted by Crippen LogP contribution is -2.24. The molecule has 1 aromatic carbocycles. The van der Waals surface area contributed by atoms with Crippen LogP contribution < -0.4 is 10.5 Å². The van der Waals surface area contributed by atoms with E-state index in [9.17, 15) is 10.2 Å². The van der Waals surface area contributed by atoms with E-state index in [4.69, 9.17) is 15.2 Å². The summed E-state index contributed by atoms with van der Waals surface area (Å²) in [7, 11) is 0. The maximum Gasteiger partial charge on any atom is 0.301 e. The molecule has 3 atom stereocenters. The molecular weight excluding hydrogens is 338 g/mol. The molecule has 9 nitrogen and oxygen atoms in total. The highest BCUT2D eigenvalue weighted by atomic mass is 16.6. The molecular formula is C17H19N5O4. The highest BCUT2D eigenvalue weighted by Crippen LogP contribution is 2.35. The number of aliphatic hydroxyl groups excluding tert-OH is 2. The third kappa shape index (κ3) is 2.96. The summed E-state index contributed by atoms with van der Waals surface area (Å²) in [5.41, 5.74) is 7.75. The lowest BCUT2D eigenvalue weighted by atomic mass is 10.2. The number of aliphatic hydroxyl groups is 2. The van der Waals surface area contributed by atoms with Crippen LogP contribution in [0.5, 0.6) is 6.01 Å². The second-order valence-corrected chi connectivity index (χ2v) is 6.08. The number of hydrogen-bond donors (Lipinski definition) is 3. The number of ether oxygens (including phenoxy) is 2. The van der Waals surface area contributed by atoms with E-state index >= 15 is 0 Å². The molecule has 2 aromatic heterocycles. The normalized spacial score (nSPS) is 22.8. The molecule has 3 heterocycles. The Bertz CT molecular complexity index is 901. The van der Waals surface area contributed by atoms with E-state index in [0.717, 1.165) is 5.56 Å². The van der Waals surface area contributed by atoms with Crippen LogP contribution in [0.3, 0.4) is 0 Å². The van der Waals surface area contributed by atoms with Gasteiger partial charge in [0.1, 0.15) is 25.3 Å². The maximum atomic E-state index is 10.1. The zero-order valence-electron chi connectivity index (χ0n) is 13.9. The average Bonchev–Trinajstić information content (AvgIpc) is 3.21. The number of rotatable bonds is 5. The van der Waals surface area contributed by atoms with Crippen molar-refractivity contribution in [1.82, 2.24) is 19.5 Å². The quantitative estimate of drug-likeness (QED) is 0.606. The molecule has 9 heteroatoms. The summed E-state index contributed by atoms with van der Waals surface area (Å²) < 4.78 is 13.3. The Balaban J connectivity index is 1.71. The molecule has 2 unspecified atom stereocenters. The molecule has 0 saturated carbocycles. The predicted octanol–water partition coefficient (Wildman–Crippen LogP) is 0.628. The molecule has 1 aliphatic heterocycles. The Kier molecular flexibility index (Phi) is 4.41. The lowest BCUT2D eigenvalue weighted by molar-refractivity contribution is -0.0456. The second kappa shape index (κ2) is 6.87. The van der Waals surface area contributed by atoms with E-state index in [0.29, 0.717) is 17.8 Å². The van der Waals surface area contributed by atoms with Crippen molar-refractivity contribution in [2.45, 2.75) is 31.5 Å². The first-order valence-electron chi connectivity index (χ1n) is 8.27. The van der Waals surface area contributed by atoms with E-state index in [1.807, 2.05) is 30.3 Å². The van der Waals surface area contributed by atoms with Crippen molar-refractivity contribution in [3.05, 3.63) is 42.2 Å². The Hall–Kier alpha value is -2.75. The molecule has 4 N–H and O–H groups in total. The van der Waals surface area contributed by atoms with Gasteiger partial charge in [0.05, 0.1) is 12.7 Å². The number of fused-ring (bicyclic) bond motifs is 1. The Morgan fingerprint density at radius 3 is 2.81 bits per heavy atom. The van der Waals surface area contributed by atoms with E-state index < -0.39 is 18.4 Å². The van der Waals surface area contributed by atoms with Crippen LogP contribution in [-0.4, -0.2) is 48.5 Å². The number of imidazole rings is 1. The van der Waals surface area contributed by atoms with E-state index in [2.05, 4.69) is 15.0 Å². The number of aromatic nitrogens is 4. The van der Waals surface area contributed by atoms with Gasteiger partial charge >= 0.3 is 6.01 Å². The third-order valence-electron chi connectivity index (χ3n) is 4.36. The topological polar surface area (TPSA) is 129 Å². The van der Waals surface area contributed by atoms with E-state index in [1.165, 1.54) is 6.33 Å². The van der Waals surface area contributed by atoms with Crippen LogP contribution in [0.1, 0.15) is 18.2 Å². The average molecular weight is 357 g/mol. The smallest absolute Gasteiger partial charge is 0.301 e. The van der Waals surface area contributed by atoms with Gasteiger partial charge in [-0.1, -0.05) is 30.3 Å². The summed E-state index contributed by atoms with van der Waals surface area (Å²) in [4.78, 5) is 12.6. The number of benzene rings is 1. The molecule has 0 bridgehead atoms. The molecule has 0 spiro atoms. The van der Waals surface area contributed by atoms with E-state index in [1.54, 1.807) is 4.57 Å². The highest BCUT2D eigenvalue weighted by molar-refractivity contribution is 5.82. The molecule has 4 rings (SSSR count). The van der Waals surface area contributed by atoms with Gasteiger partial charge in [0.25, 0.3) is 0 Å². The summed E-state index contributed by atoms with van der Waals surface area (Å²) in [6.45, 7) is 0.0256. The number of nitrogen functional groups attached to an aromatic ring is 1. The molecule has 1 fully saturated rings. The van der Waals surface area contributed by atoms with Gasteiger partial charge in [0.2, 0.25) is 0 Å². The van der Waals surface area contributed by atoms with Crippen LogP contribution in [0.15, 0.2) is 36.7 Å². The number of nitrogens with zero attached hydrogens (tertiary/aromatic N) is 4. The van der Waals surface area contributed by atoms with Gasteiger partial charge in [-0.2, -0.15) is 4.98 Å². The maximum absolute atomic E-state index is 10.1. The van der Waals surface area contributed by atoms with Gasteiger partial charge in [-0.15, -0.1) is 0 Å². The van der Waals surface area contributed by atoms with Crippen molar-refractivity contribution in [3.63, 3.8) is 0 Å². The van der Waals surface area contributed by atoms with Crippen LogP contribution in [0.2, 0.25) is 0 Å². The van der Waals surface area contributed by atoms with E-state index in [-0.39, 0.29) is 24.9 Å². The minimum absolute atomic E-state index is 0.232. The summed E-state index contributed by atoms with van der Waals surface area (Å²) in [6.07, 6.45) is -0.414. The van der Waals surface area contributed by atoms with Crippen molar-refractivity contribution in [3.8, 4) is 6.01 Å². The van der Waals surface area contributed by atoms with Crippen molar-refractivity contribution in [1.29, 1.82) is 0 Å². The van der Waals surface area contributed by atoms with Crippen LogP contribution in [-0.2, 0) is 11.3 Å². The lowest BCUT2D eigenvalue weighted by Gasteiger charge is -2.16. The van der Waals surface area contributed by atoms with Crippen LogP contribution in [0.25, 0.3) is 11.2 Å². The standard InChI is InChI=1S/C17H19N5O4/c18-15-14-16(20-9-19-15)22(13-6-11(24)12(7-23)26-13)17(21-14)25-8-10-4-2-1-3-5-10/h1-5,9,11-13,23-24H,6-8H2,(H2,18,19,20)/t11?,12-,13?/m1/s1. The summed E-state index contributed by atoms with van der Waals surface area (Å²) in [5, 5.41) is 19.4. The van der Waals surface area contributed by atoms with Crippen molar-refractivity contribution in [2.24, 2.45) is 0 Å². The van der Waals surface area contributed by atoms with Gasteiger partial charge in [-0.3, -0.25) is 4.57 Å². The molecule has 136 valence electrons. The predicted molar refractivity (Wildman–Crippen MR) is 92.1 cm³/mol. The van der Waals surface area contributed by atoms with Gasteiger partial charge in [0, 0.05) is 6.42 Å². The Morgan fingerprint density at radius 1 is 1.27 bits per heavy atom. The van der Waals surface area contributed by atoms with Crippen molar-refractivity contribution < 1.29 is 19.7 Å². The minimum Gasteiger partial charge on any atom is -0.460 e. The fourth-order valence-electron chi connectivity index (χ4n) is 3.03. The molecule has 26 heavy (non-hydrogen) atoms. The highest BCUT2D eigenvalue weighted by Gasteiger charge is 2.37. The zero-order valence-corrected chi connectivity index (χ0v) is 13.9. The van der Waals surface area contributed by atoms with Gasteiger partial charge in [0.15, 0.2) is 17.0 Å². The van der Waals surface area contributed by atoms with Crippen LogP contribution in [0, 0.1) is 0 Å². The largest absolute Gasteiger partial charge is 0.460 e. The monoisotopic (exact) mass is 357 g/mol. The van der Waals surface area contributed by atoms with Crippen LogP contribution >= 0.6 is 0 Å². The molecule has 0 aliphatic carbocycles. The third-order valence-corrected chi connectivity index (χ3v) is 4.36. The van der Waals surface area contributed by atoms with Gasteiger partial charge < -0.3 is 25.4 Å². The fourth-order valence-corrected chi connectivity index (χ4v) is 3.03. The summed E-state index contributed by atoms with van der Waals surface area (Å²) in [5.74, 6) is 0.232. The number of nitrogens with two attached hydrogens (primary N) is 1. The van der Waals surface area contributed by atoms with Gasteiger partial charge in [-0.25, -0.2) is 9.97 Å². The molecule has 3 aromatic rings. The molecule has 0 amide bonds. The first kappa shape index (κ1) is 16.7. The first-order valence-corrected chi connectivity index (χ1v) is 8.27. The molecule has 1 aliphatic rings. The van der Waals surface area contributed by atoms with Crippen molar-refractivity contribution in [2.75, 3.05) is 12.3 Å². The SMILES string of the molecule is Nc1ncnc2c1nc(OCc1ccccc1)n2C1CC(O)[C@@H](CO)O1. The first-order chi connectivity index (χ1) is 12.7. The second-order valence-electron chi connectivity index (χ2n) is 6.08. The van der Waals surface area contributed by atoms with Crippen LogP contribution in [0.4, 0.5) is 5.82 Å². The Morgan fingerprint density at radius 2 is 2.08 bits per heavy atom. The molecule has 0 radical (unpaired) electrons. The van der Waals surface area contributed by atoms with Gasteiger partial charge in [-0.05, 0) is 5.56 Å². The van der Waals surface area contributed by atoms with Crippen molar-refractivity contribution >= 4 is 17.0 Å². The summed E-state index contributed by atoms with van der Waals surface area (Å²) >= 11 is 0. The fraction of sp³-hybridized carbons (Fsp3) is 0.353. The number of hydrogen-bond acceptors (Lipinski definition) is 8.